The predicted molar refractivity (Wildman–Crippen MR) is 240 cm³/mol. The summed E-state index contributed by atoms with van der Waals surface area (Å²) in [4.78, 5) is 17.5. The van der Waals surface area contributed by atoms with E-state index in [-0.39, 0.29) is 0 Å². The van der Waals surface area contributed by atoms with Gasteiger partial charge in [-0.1, -0.05) is 146 Å². The van der Waals surface area contributed by atoms with Crippen molar-refractivity contribution in [3.05, 3.63) is 194 Å². The van der Waals surface area contributed by atoms with E-state index in [2.05, 4.69) is 114 Å². The molecule has 0 saturated heterocycles. The summed E-state index contributed by atoms with van der Waals surface area (Å²) >= 11 is 0. The van der Waals surface area contributed by atoms with Crippen LogP contribution in [0.5, 0.6) is 0 Å². The van der Waals surface area contributed by atoms with Gasteiger partial charge >= 0.3 is 0 Å². The number of anilines is 3. The summed E-state index contributed by atoms with van der Waals surface area (Å²) in [6, 6.07) is 66.8. The van der Waals surface area contributed by atoms with E-state index in [9.17, 15) is 0 Å². The summed E-state index contributed by atoms with van der Waals surface area (Å²) in [6.07, 6.45) is 0. The van der Waals surface area contributed by atoms with Crippen molar-refractivity contribution in [2.45, 2.75) is 0 Å². The molecular formula is C53H32N4O2. The lowest BCUT2D eigenvalue weighted by molar-refractivity contribution is 0.669. The Kier molecular flexibility index (Phi) is 7.43. The zero-order valence-electron chi connectivity index (χ0n) is 31.6. The van der Waals surface area contributed by atoms with Gasteiger partial charge in [0.2, 0.25) is 0 Å². The van der Waals surface area contributed by atoms with Gasteiger partial charge in [0.25, 0.3) is 0 Å². The van der Waals surface area contributed by atoms with Crippen LogP contribution in [0.15, 0.2) is 203 Å². The van der Waals surface area contributed by atoms with E-state index in [1.807, 2.05) is 84.9 Å². The largest absolute Gasteiger partial charge is 0.456 e. The number of fused-ring (bicyclic) bond motifs is 9. The normalized spacial score (nSPS) is 11.7. The first-order chi connectivity index (χ1) is 29.2. The van der Waals surface area contributed by atoms with Gasteiger partial charge in [-0.2, -0.15) is 0 Å². The molecule has 12 rings (SSSR count). The maximum atomic E-state index is 6.88. The van der Waals surface area contributed by atoms with Gasteiger partial charge in [0.1, 0.15) is 22.3 Å². The second-order valence-electron chi connectivity index (χ2n) is 14.8. The minimum Gasteiger partial charge on any atom is -0.456 e. The Labute approximate surface area is 338 Å². The average Bonchev–Trinajstić information content (AvgIpc) is 3.88. The lowest BCUT2D eigenvalue weighted by Gasteiger charge is -2.27. The van der Waals surface area contributed by atoms with E-state index in [1.165, 1.54) is 5.39 Å². The van der Waals surface area contributed by atoms with E-state index in [4.69, 9.17) is 23.8 Å². The van der Waals surface area contributed by atoms with Crippen LogP contribution < -0.4 is 4.90 Å². The van der Waals surface area contributed by atoms with Crippen molar-refractivity contribution in [1.29, 1.82) is 0 Å². The zero-order valence-corrected chi connectivity index (χ0v) is 31.6. The molecule has 0 fully saturated rings. The lowest BCUT2D eigenvalue weighted by atomic mass is 9.98. The molecule has 0 saturated carbocycles. The Bertz CT molecular complexity index is 3520. The molecule has 0 atom stereocenters. The van der Waals surface area contributed by atoms with Crippen LogP contribution in [0.4, 0.5) is 17.1 Å². The second-order valence-corrected chi connectivity index (χ2v) is 14.8. The summed E-state index contributed by atoms with van der Waals surface area (Å²) < 4.78 is 13.3. The fourth-order valence-corrected chi connectivity index (χ4v) is 8.56. The number of rotatable bonds is 6. The smallest absolute Gasteiger partial charge is 0.164 e. The molecule has 0 amide bonds. The van der Waals surface area contributed by atoms with Crippen molar-refractivity contribution in [3.8, 4) is 34.2 Å². The molecule has 6 nitrogen and oxygen atoms in total. The monoisotopic (exact) mass is 756 g/mol. The van der Waals surface area contributed by atoms with Gasteiger partial charge in [-0.3, -0.25) is 0 Å². The molecule has 0 unspecified atom stereocenters. The third kappa shape index (κ3) is 5.46. The van der Waals surface area contributed by atoms with Crippen LogP contribution in [0.25, 0.3) is 99.6 Å². The summed E-state index contributed by atoms with van der Waals surface area (Å²) in [7, 11) is 0. The molecule has 3 heterocycles. The van der Waals surface area contributed by atoms with Gasteiger partial charge in [-0.15, -0.1) is 0 Å². The number of hydrogen-bond acceptors (Lipinski definition) is 6. The molecule has 9 aromatic carbocycles. The lowest BCUT2D eigenvalue weighted by Crippen LogP contribution is -2.10. The van der Waals surface area contributed by atoms with Crippen LogP contribution in [0, 0.1) is 0 Å². The van der Waals surface area contributed by atoms with Crippen molar-refractivity contribution in [2.24, 2.45) is 0 Å². The van der Waals surface area contributed by atoms with E-state index in [1.54, 1.807) is 0 Å². The first kappa shape index (κ1) is 33.1. The van der Waals surface area contributed by atoms with Gasteiger partial charge in [-0.25, -0.2) is 15.0 Å². The highest BCUT2D eigenvalue weighted by Gasteiger charge is 2.24. The highest BCUT2D eigenvalue weighted by atomic mass is 16.3. The Morgan fingerprint density at radius 3 is 1.69 bits per heavy atom. The summed E-state index contributed by atoms with van der Waals surface area (Å²) in [5.74, 6) is 1.80. The molecular weight excluding hydrogens is 725 g/mol. The maximum absolute atomic E-state index is 6.88. The molecule has 0 radical (unpaired) electrons. The van der Waals surface area contributed by atoms with Gasteiger partial charge in [0.05, 0.1) is 5.69 Å². The van der Waals surface area contributed by atoms with Crippen LogP contribution in [0.3, 0.4) is 0 Å². The molecule has 0 N–H and O–H groups in total. The maximum Gasteiger partial charge on any atom is 0.164 e. The van der Waals surface area contributed by atoms with Crippen molar-refractivity contribution in [1.82, 2.24) is 15.0 Å². The van der Waals surface area contributed by atoms with Crippen LogP contribution in [0.1, 0.15) is 0 Å². The highest BCUT2D eigenvalue weighted by Crippen LogP contribution is 2.47. The van der Waals surface area contributed by atoms with Crippen LogP contribution in [0.2, 0.25) is 0 Å². The summed E-state index contributed by atoms with van der Waals surface area (Å²) in [5, 5.41) is 8.60. The predicted octanol–water partition coefficient (Wildman–Crippen LogP) is 14.4. The van der Waals surface area contributed by atoms with Crippen LogP contribution in [-0.2, 0) is 0 Å². The van der Waals surface area contributed by atoms with Crippen molar-refractivity contribution < 1.29 is 8.83 Å². The highest BCUT2D eigenvalue weighted by molar-refractivity contribution is 6.25. The minimum atomic E-state index is 0.580. The first-order valence-electron chi connectivity index (χ1n) is 19.7. The molecule has 0 aliphatic rings. The van der Waals surface area contributed by atoms with E-state index in [0.29, 0.717) is 17.5 Å². The summed E-state index contributed by atoms with van der Waals surface area (Å²) in [5.41, 5.74) is 8.90. The van der Waals surface area contributed by atoms with E-state index in [0.717, 1.165) is 93.8 Å². The number of aromatic nitrogens is 3. The number of hydrogen-bond donors (Lipinski definition) is 0. The SMILES string of the molecule is c1ccc(-c2nc(-c3ccccc3)nc(-c3cccc4oc5cc(N(c6ccc7ccccc7c6)c6ccc7c(c6)oc6ccccc67)c6ccccc6c5c34)n2)cc1. The first-order valence-corrected chi connectivity index (χ1v) is 19.7. The fraction of sp³-hybridized carbons (Fsp3) is 0. The van der Waals surface area contributed by atoms with Gasteiger partial charge < -0.3 is 13.7 Å². The number of furan rings is 2. The van der Waals surface area contributed by atoms with E-state index < -0.39 is 0 Å². The molecule has 6 heteroatoms. The zero-order chi connectivity index (χ0) is 38.9. The van der Waals surface area contributed by atoms with Crippen LogP contribution in [-0.4, -0.2) is 15.0 Å². The Morgan fingerprint density at radius 1 is 0.339 bits per heavy atom. The average molecular weight is 757 g/mol. The molecule has 59 heavy (non-hydrogen) atoms. The molecule has 3 aromatic heterocycles. The molecule has 0 aliphatic heterocycles. The van der Waals surface area contributed by atoms with Gasteiger partial charge in [0.15, 0.2) is 17.5 Å². The molecule has 0 aliphatic carbocycles. The fourth-order valence-electron chi connectivity index (χ4n) is 8.56. The van der Waals surface area contributed by atoms with Crippen molar-refractivity contribution >= 4 is 82.5 Å². The Hall–Kier alpha value is -8.09. The standard InChI is InChI=1S/C53H32N4O2/c1-3-15-34(16-4-1)51-54-52(35-17-5-2-6-18-35)56-53(55-51)43-23-13-25-46-50(43)49-42-22-10-9-20-39(42)44(32-48(49)59-46)57(37-27-26-33-14-7-8-19-36(33)30-37)38-28-29-41-40-21-11-12-24-45(40)58-47(41)31-38/h1-32H. The minimum absolute atomic E-state index is 0.580. The van der Waals surface area contributed by atoms with Gasteiger partial charge in [-0.05, 0) is 52.6 Å². The Morgan fingerprint density at radius 2 is 0.915 bits per heavy atom. The molecule has 276 valence electrons. The topological polar surface area (TPSA) is 68.2 Å². The second kappa shape index (κ2) is 13.3. The van der Waals surface area contributed by atoms with Crippen LogP contribution >= 0.6 is 0 Å². The quantitative estimate of drug-likeness (QED) is 0.168. The van der Waals surface area contributed by atoms with Gasteiger partial charge in [0, 0.05) is 67.1 Å². The molecule has 0 bridgehead atoms. The number of nitrogens with zero attached hydrogens (tertiary/aromatic N) is 4. The number of para-hydroxylation sites is 1. The van der Waals surface area contributed by atoms with Crippen molar-refractivity contribution in [2.75, 3.05) is 4.90 Å². The third-order valence-electron chi connectivity index (χ3n) is 11.3. The van der Waals surface area contributed by atoms with E-state index >= 15 is 0 Å². The van der Waals surface area contributed by atoms with Crippen molar-refractivity contribution in [3.63, 3.8) is 0 Å². The summed E-state index contributed by atoms with van der Waals surface area (Å²) in [6.45, 7) is 0. The molecule has 0 spiro atoms. The number of benzene rings is 9. The Balaban J connectivity index is 1.12. The molecule has 12 aromatic rings. The third-order valence-corrected chi connectivity index (χ3v) is 11.3.